The third-order valence-corrected chi connectivity index (χ3v) is 3.37. The Hall–Kier alpha value is -2.82. The number of amides is 1. The van der Waals surface area contributed by atoms with E-state index in [2.05, 4.69) is 10.5 Å². The fraction of sp³-hybridized carbons (Fsp3) is 0.263. The monoisotopic (exact) mass is 326 g/mol. The average molecular weight is 326 g/mol. The first-order chi connectivity index (χ1) is 11.7. The number of aryl methyl sites for hydroxylation is 1. The van der Waals surface area contributed by atoms with Crippen molar-refractivity contribution in [1.82, 2.24) is 5.43 Å². The predicted octanol–water partition coefficient (Wildman–Crippen LogP) is 3.18. The summed E-state index contributed by atoms with van der Waals surface area (Å²) in [5, 5.41) is 3.98. The lowest BCUT2D eigenvalue weighted by Crippen LogP contribution is -2.17. The molecule has 24 heavy (non-hydrogen) atoms. The molecule has 0 aliphatic carbocycles. The van der Waals surface area contributed by atoms with E-state index in [1.54, 1.807) is 13.3 Å². The second-order valence-electron chi connectivity index (χ2n) is 5.12. The van der Waals surface area contributed by atoms with Gasteiger partial charge in [-0.05, 0) is 42.7 Å². The van der Waals surface area contributed by atoms with Crippen LogP contribution in [-0.4, -0.2) is 25.8 Å². The minimum atomic E-state index is -0.118. The normalized spacial score (nSPS) is 10.6. The topological polar surface area (TPSA) is 59.9 Å². The summed E-state index contributed by atoms with van der Waals surface area (Å²) >= 11 is 0. The standard InChI is InChI=1S/C19H22N2O3/c1-3-24-17-11-9-16(13-18(17)23-2)14-20-21-19(22)12-10-15-7-5-4-6-8-15/h4-9,11,13-14H,3,10,12H2,1-2H3,(H,21,22). The molecule has 1 amide bonds. The van der Waals surface area contributed by atoms with Crippen molar-refractivity contribution in [2.75, 3.05) is 13.7 Å². The number of carbonyl (C=O) groups excluding carboxylic acids is 1. The Bertz CT molecular complexity index is 684. The molecule has 0 saturated carbocycles. The molecule has 5 nitrogen and oxygen atoms in total. The maximum absolute atomic E-state index is 11.8. The Balaban J connectivity index is 1.85. The van der Waals surface area contributed by atoms with Gasteiger partial charge in [0.2, 0.25) is 5.91 Å². The van der Waals surface area contributed by atoms with Gasteiger partial charge in [-0.3, -0.25) is 4.79 Å². The Labute approximate surface area is 142 Å². The van der Waals surface area contributed by atoms with E-state index in [4.69, 9.17) is 9.47 Å². The molecule has 2 aromatic rings. The van der Waals surface area contributed by atoms with E-state index in [-0.39, 0.29) is 5.91 Å². The van der Waals surface area contributed by atoms with Crippen molar-refractivity contribution >= 4 is 12.1 Å². The van der Waals surface area contributed by atoms with Crippen LogP contribution in [0.3, 0.4) is 0 Å². The fourth-order valence-electron chi connectivity index (χ4n) is 2.18. The molecule has 0 unspecified atom stereocenters. The highest BCUT2D eigenvalue weighted by atomic mass is 16.5. The maximum atomic E-state index is 11.8. The van der Waals surface area contributed by atoms with E-state index in [9.17, 15) is 4.79 Å². The number of hydrogen-bond acceptors (Lipinski definition) is 4. The highest BCUT2D eigenvalue weighted by Crippen LogP contribution is 2.27. The molecule has 0 aliphatic heterocycles. The predicted molar refractivity (Wildman–Crippen MR) is 94.7 cm³/mol. The third-order valence-electron chi connectivity index (χ3n) is 3.37. The van der Waals surface area contributed by atoms with Crippen molar-refractivity contribution in [3.63, 3.8) is 0 Å². The molecule has 0 atom stereocenters. The lowest BCUT2D eigenvalue weighted by molar-refractivity contribution is -0.121. The van der Waals surface area contributed by atoms with Gasteiger partial charge in [-0.1, -0.05) is 30.3 Å². The van der Waals surface area contributed by atoms with Crippen molar-refractivity contribution in [2.45, 2.75) is 19.8 Å². The number of methoxy groups -OCH3 is 1. The zero-order valence-corrected chi connectivity index (χ0v) is 14.0. The number of carbonyl (C=O) groups is 1. The molecular formula is C19H22N2O3. The van der Waals surface area contributed by atoms with Gasteiger partial charge in [-0.25, -0.2) is 5.43 Å². The molecule has 0 spiro atoms. The van der Waals surface area contributed by atoms with Crippen molar-refractivity contribution in [3.05, 3.63) is 59.7 Å². The van der Waals surface area contributed by atoms with E-state index in [0.29, 0.717) is 30.9 Å². The van der Waals surface area contributed by atoms with Gasteiger partial charge < -0.3 is 9.47 Å². The minimum Gasteiger partial charge on any atom is -0.493 e. The van der Waals surface area contributed by atoms with Crippen molar-refractivity contribution in [2.24, 2.45) is 5.10 Å². The van der Waals surface area contributed by atoms with Gasteiger partial charge in [0, 0.05) is 6.42 Å². The highest BCUT2D eigenvalue weighted by Gasteiger charge is 2.04. The first kappa shape index (κ1) is 17.5. The van der Waals surface area contributed by atoms with Gasteiger partial charge in [-0.2, -0.15) is 5.10 Å². The van der Waals surface area contributed by atoms with Crippen LogP contribution in [0, 0.1) is 0 Å². The molecule has 5 heteroatoms. The van der Waals surface area contributed by atoms with Crippen molar-refractivity contribution in [3.8, 4) is 11.5 Å². The quantitative estimate of drug-likeness (QED) is 0.599. The van der Waals surface area contributed by atoms with E-state index < -0.39 is 0 Å². The van der Waals surface area contributed by atoms with Crippen LogP contribution >= 0.6 is 0 Å². The summed E-state index contributed by atoms with van der Waals surface area (Å²) in [6, 6.07) is 15.4. The summed E-state index contributed by atoms with van der Waals surface area (Å²) in [5.74, 6) is 1.20. The smallest absolute Gasteiger partial charge is 0.240 e. The molecular weight excluding hydrogens is 304 g/mol. The summed E-state index contributed by atoms with van der Waals surface area (Å²) in [5.41, 5.74) is 4.49. The van der Waals surface area contributed by atoms with E-state index >= 15 is 0 Å². The number of nitrogens with zero attached hydrogens (tertiary/aromatic N) is 1. The van der Waals surface area contributed by atoms with Crippen LogP contribution in [0.2, 0.25) is 0 Å². The summed E-state index contributed by atoms with van der Waals surface area (Å²) in [4.78, 5) is 11.8. The first-order valence-electron chi connectivity index (χ1n) is 7.89. The van der Waals surface area contributed by atoms with Crippen LogP contribution in [0.5, 0.6) is 11.5 Å². The van der Waals surface area contributed by atoms with Crippen LogP contribution in [0.4, 0.5) is 0 Å². The van der Waals surface area contributed by atoms with Crippen LogP contribution in [-0.2, 0) is 11.2 Å². The maximum Gasteiger partial charge on any atom is 0.240 e. The van der Waals surface area contributed by atoms with E-state index in [0.717, 1.165) is 11.1 Å². The Morgan fingerprint density at radius 1 is 1.17 bits per heavy atom. The van der Waals surface area contributed by atoms with Gasteiger partial charge in [-0.15, -0.1) is 0 Å². The van der Waals surface area contributed by atoms with Crippen LogP contribution in [0.15, 0.2) is 53.6 Å². The SMILES string of the molecule is CCOc1ccc(C=NNC(=O)CCc2ccccc2)cc1OC. The third kappa shape index (κ3) is 5.43. The summed E-state index contributed by atoms with van der Waals surface area (Å²) in [6.45, 7) is 2.49. The molecule has 0 heterocycles. The molecule has 0 aromatic heterocycles. The zero-order chi connectivity index (χ0) is 17.2. The second-order valence-corrected chi connectivity index (χ2v) is 5.12. The van der Waals surface area contributed by atoms with Crippen LogP contribution in [0.25, 0.3) is 0 Å². The Morgan fingerprint density at radius 2 is 1.96 bits per heavy atom. The van der Waals surface area contributed by atoms with Gasteiger partial charge in [0.1, 0.15) is 0 Å². The molecule has 0 saturated heterocycles. The number of nitrogens with one attached hydrogen (secondary N) is 1. The molecule has 0 bridgehead atoms. The molecule has 2 rings (SSSR count). The summed E-state index contributed by atoms with van der Waals surface area (Å²) < 4.78 is 10.7. The lowest BCUT2D eigenvalue weighted by Gasteiger charge is -2.09. The van der Waals surface area contributed by atoms with Gasteiger partial charge in [0.05, 0.1) is 19.9 Å². The molecule has 0 radical (unpaired) electrons. The lowest BCUT2D eigenvalue weighted by atomic mass is 10.1. The molecule has 2 aromatic carbocycles. The number of hydrogen-bond donors (Lipinski definition) is 1. The van der Waals surface area contributed by atoms with Crippen LogP contribution < -0.4 is 14.9 Å². The Morgan fingerprint density at radius 3 is 2.67 bits per heavy atom. The summed E-state index contributed by atoms with van der Waals surface area (Å²) in [7, 11) is 1.59. The molecule has 1 N–H and O–H groups in total. The van der Waals surface area contributed by atoms with Gasteiger partial charge >= 0.3 is 0 Å². The molecule has 0 fully saturated rings. The number of benzene rings is 2. The first-order valence-corrected chi connectivity index (χ1v) is 7.89. The van der Waals surface area contributed by atoms with E-state index in [1.807, 2.05) is 55.5 Å². The number of rotatable bonds is 8. The minimum absolute atomic E-state index is 0.118. The van der Waals surface area contributed by atoms with Crippen molar-refractivity contribution < 1.29 is 14.3 Å². The van der Waals surface area contributed by atoms with Crippen molar-refractivity contribution in [1.29, 1.82) is 0 Å². The Kier molecular flexibility index (Phi) is 6.83. The van der Waals surface area contributed by atoms with E-state index in [1.165, 1.54) is 0 Å². The number of ether oxygens (including phenoxy) is 2. The largest absolute Gasteiger partial charge is 0.493 e. The average Bonchev–Trinajstić information content (AvgIpc) is 2.62. The highest BCUT2D eigenvalue weighted by molar-refractivity contribution is 5.83. The van der Waals surface area contributed by atoms with Gasteiger partial charge in [0.15, 0.2) is 11.5 Å². The van der Waals surface area contributed by atoms with Gasteiger partial charge in [0.25, 0.3) is 0 Å². The van der Waals surface area contributed by atoms with Crippen LogP contribution in [0.1, 0.15) is 24.5 Å². The second kappa shape index (κ2) is 9.35. The molecule has 0 aliphatic rings. The summed E-state index contributed by atoms with van der Waals surface area (Å²) in [6.07, 6.45) is 2.67. The zero-order valence-electron chi connectivity index (χ0n) is 14.0. The number of hydrazone groups is 1. The molecule has 126 valence electrons. The fourth-order valence-corrected chi connectivity index (χ4v) is 2.18.